The Bertz CT molecular complexity index is 1520. The van der Waals surface area contributed by atoms with Gasteiger partial charge in [-0.2, -0.15) is 0 Å². The molecule has 1 aliphatic heterocycles. The molecule has 0 saturated carbocycles. The summed E-state index contributed by atoms with van der Waals surface area (Å²) in [6, 6.07) is 17.0. The predicted octanol–water partition coefficient (Wildman–Crippen LogP) is 5.63. The molecular weight excluding hydrogens is 593 g/mol. The molecule has 38 heavy (non-hydrogen) atoms. The third-order valence-corrected chi connectivity index (χ3v) is 10.4. The van der Waals surface area contributed by atoms with Crippen LogP contribution in [0.4, 0.5) is 11.4 Å². The number of hydrogen-bond donors (Lipinski definition) is 2. The minimum absolute atomic E-state index is 0.0225. The Kier molecular flexibility index (Phi) is 8.91. The number of carbonyl (C=O) groups excluding carboxylic acids is 1. The highest BCUT2D eigenvalue weighted by molar-refractivity contribution is 7.92. The van der Waals surface area contributed by atoms with Crippen LogP contribution in [0, 0.1) is 5.92 Å². The van der Waals surface area contributed by atoms with Crippen LogP contribution in [0.5, 0.6) is 0 Å². The van der Waals surface area contributed by atoms with E-state index in [2.05, 4.69) is 10.0 Å². The zero-order valence-electron chi connectivity index (χ0n) is 19.9. The summed E-state index contributed by atoms with van der Waals surface area (Å²) in [7, 11) is -7.46. The summed E-state index contributed by atoms with van der Waals surface area (Å²) >= 11 is 17.9. The molecule has 0 unspecified atom stereocenters. The van der Waals surface area contributed by atoms with Crippen LogP contribution in [0.1, 0.15) is 18.4 Å². The van der Waals surface area contributed by atoms with Crippen LogP contribution in [0.25, 0.3) is 0 Å². The number of halogens is 3. The summed E-state index contributed by atoms with van der Waals surface area (Å²) in [4.78, 5) is 12.8. The molecule has 13 heteroatoms. The monoisotopic (exact) mass is 615 g/mol. The van der Waals surface area contributed by atoms with Crippen LogP contribution in [0.15, 0.2) is 71.6 Å². The molecule has 1 aliphatic rings. The van der Waals surface area contributed by atoms with Gasteiger partial charge in [0, 0.05) is 29.7 Å². The van der Waals surface area contributed by atoms with Gasteiger partial charge in [-0.15, -0.1) is 0 Å². The molecule has 4 rings (SSSR count). The summed E-state index contributed by atoms with van der Waals surface area (Å²) in [6.45, 7) is 0.478. The highest BCUT2D eigenvalue weighted by Gasteiger charge is 2.31. The van der Waals surface area contributed by atoms with Gasteiger partial charge in [-0.3, -0.25) is 9.52 Å². The third-order valence-electron chi connectivity index (χ3n) is 6.11. The lowest BCUT2D eigenvalue weighted by atomic mass is 9.97. The number of nitrogens with one attached hydrogen (secondary N) is 2. The topological polar surface area (TPSA) is 113 Å². The molecule has 3 aromatic rings. The molecule has 1 saturated heterocycles. The molecule has 0 aromatic heterocycles. The first-order valence-electron chi connectivity index (χ1n) is 11.5. The van der Waals surface area contributed by atoms with E-state index < -0.39 is 20.0 Å². The van der Waals surface area contributed by atoms with Gasteiger partial charge in [0.1, 0.15) is 0 Å². The number of benzene rings is 3. The molecule has 202 valence electrons. The van der Waals surface area contributed by atoms with Gasteiger partial charge < -0.3 is 5.32 Å². The normalized spacial score (nSPS) is 15.2. The number of nitrogens with zero attached hydrogens (tertiary/aromatic N) is 1. The second-order valence-corrected chi connectivity index (χ2v) is 13.6. The first-order valence-corrected chi connectivity index (χ1v) is 15.8. The summed E-state index contributed by atoms with van der Waals surface area (Å²) in [5, 5.41) is 3.62. The van der Waals surface area contributed by atoms with Gasteiger partial charge in [0.2, 0.25) is 15.9 Å². The van der Waals surface area contributed by atoms with E-state index in [1.54, 1.807) is 36.4 Å². The van der Waals surface area contributed by atoms with Crippen LogP contribution in [-0.2, 0) is 30.6 Å². The van der Waals surface area contributed by atoms with E-state index in [0.29, 0.717) is 29.1 Å². The zero-order chi connectivity index (χ0) is 27.5. The van der Waals surface area contributed by atoms with Crippen molar-refractivity contribution in [3.8, 4) is 0 Å². The van der Waals surface area contributed by atoms with E-state index in [9.17, 15) is 21.6 Å². The van der Waals surface area contributed by atoms with Crippen LogP contribution < -0.4 is 10.0 Å². The fraction of sp³-hybridized carbons (Fsp3) is 0.240. The second-order valence-electron chi connectivity index (χ2n) is 8.78. The van der Waals surface area contributed by atoms with E-state index in [-0.39, 0.29) is 51.3 Å². The van der Waals surface area contributed by atoms with Crippen molar-refractivity contribution in [2.24, 2.45) is 5.92 Å². The van der Waals surface area contributed by atoms with Crippen molar-refractivity contribution in [3.63, 3.8) is 0 Å². The van der Waals surface area contributed by atoms with Crippen molar-refractivity contribution in [2.75, 3.05) is 23.1 Å². The van der Waals surface area contributed by atoms with Crippen LogP contribution in [0.3, 0.4) is 0 Å². The largest absolute Gasteiger partial charge is 0.326 e. The number of piperidine rings is 1. The van der Waals surface area contributed by atoms with E-state index >= 15 is 0 Å². The standard InChI is InChI=1S/C25H24Cl3N3O5S2/c26-19-6-4-17(5-7-19)16-37(33,34)31-14-12-18(13-15-31)25(32)29-20-8-10-21(11-9-20)38(35,36)30-23-3-1-2-22(27)24(23)28/h1-11,18,30H,12-16H2,(H,29,32). The summed E-state index contributed by atoms with van der Waals surface area (Å²) in [5.74, 6) is -0.750. The van der Waals surface area contributed by atoms with E-state index in [1.807, 2.05) is 0 Å². The van der Waals surface area contributed by atoms with Crippen molar-refractivity contribution in [2.45, 2.75) is 23.5 Å². The number of amides is 1. The molecule has 0 aliphatic carbocycles. The highest BCUT2D eigenvalue weighted by atomic mass is 35.5. The van der Waals surface area contributed by atoms with Crippen LogP contribution in [0.2, 0.25) is 15.1 Å². The van der Waals surface area contributed by atoms with Crippen molar-refractivity contribution >= 4 is 72.1 Å². The molecule has 1 amide bonds. The molecule has 0 spiro atoms. The Balaban J connectivity index is 1.32. The quantitative estimate of drug-likeness (QED) is 0.341. The highest BCUT2D eigenvalue weighted by Crippen LogP contribution is 2.31. The van der Waals surface area contributed by atoms with E-state index in [4.69, 9.17) is 34.8 Å². The Hall–Kier alpha value is -2.34. The van der Waals surface area contributed by atoms with Crippen LogP contribution in [-0.4, -0.2) is 40.1 Å². The third kappa shape index (κ3) is 6.99. The molecule has 0 bridgehead atoms. The first-order chi connectivity index (χ1) is 17.9. The zero-order valence-corrected chi connectivity index (χ0v) is 23.8. The van der Waals surface area contributed by atoms with Gasteiger partial charge >= 0.3 is 0 Å². The van der Waals surface area contributed by atoms with Gasteiger partial charge in [0.05, 0.1) is 26.4 Å². The molecule has 0 radical (unpaired) electrons. The molecule has 1 fully saturated rings. The lowest BCUT2D eigenvalue weighted by Crippen LogP contribution is -2.41. The minimum Gasteiger partial charge on any atom is -0.326 e. The first kappa shape index (κ1) is 28.7. The minimum atomic E-state index is -3.94. The maximum Gasteiger partial charge on any atom is 0.261 e. The van der Waals surface area contributed by atoms with Gasteiger partial charge in [-0.05, 0) is 66.9 Å². The molecule has 2 N–H and O–H groups in total. The number of rotatable bonds is 8. The number of hydrogen-bond acceptors (Lipinski definition) is 5. The maximum atomic E-state index is 12.8. The number of sulfonamides is 2. The van der Waals surface area contributed by atoms with Crippen LogP contribution >= 0.6 is 34.8 Å². The van der Waals surface area contributed by atoms with Crippen molar-refractivity contribution in [3.05, 3.63) is 87.4 Å². The van der Waals surface area contributed by atoms with E-state index in [1.165, 1.54) is 34.6 Å². The molecule has 1 heterocycles. The fourth-order valence-corrected chi connectivity index (χ4v) is 7.19. The lowest BCUT2D eigenvalue weighted by Gasteiger charge is -2.30. The summed E-state index contributed by atoms with van der Waals surface area (Å²) < 4.78 is 54.9. The Labute approximate surface area is 237 Å². The molecular formula is C25H24Cl3N3O5S2. The van der Waals surface area contributed by atoms with Crippen molar-refractivity contribution in [1.82, 2.24) is 4.31 Å². The van der Waals surface area contributed by atoms with Crippen molar-refractivity contribution < 1.29 is 21.6 Å². The van der Waals surface area contributed by atoms with Crippen molar-refractivity contribution in [1.29, 1.82) is 0 Å². The lowest BCUT2D eigenvalue weighted by molar-refractivity contribution is -0.120. The molecule has 3 aromatic carbocycles. The Morgan fingerprint density at radius 1 is 0.868 bits per heavy atom. The number of carbonyl (C=O) groups is 1. The van der Waals surface area contributed by atoms with Gasteiger partial charge in [0.15, 0.2) is 0 Å². The summed E-state index contributed by atoms with van der Waals surface area (Å²) in [6.07, 6.45) is 0.755. The summed E-state index contributed by atoms with van der Waals surface area (Å²) in [5.41, 5.74) is 1.22. The Morgan fingerprint density at radius 2 is 1.50 bits per heavy atom. The second kappa shape index (κ2) is 11.8. The average Bonchev–Trinajstić information content (AvgIpc) is 2.88. The molecule has 8 nitrogen and oxygen atoms in total. The maximum absolute atomic E-state index is 12.8. The van der Waals surface area contributed by atoms with Gasteiger partial charge in [-0.1, -0.05) is 53.0 Å². The number of anilines is 2. The Morgan fingerprint density at radius 3 is 2.13 bits per heavy atom. The van der Waals surface area contributed by atoms with E-state index in [0.717, 1.165) is 0 Å². The predicted molar refractivity (Wildman–Crippen MR) is 151 cm³/mol. The average molecular weight is 617 g/mol. The SMILES string of the molecule is O=C(Nc1ccc(S(=O)(=O)Nc2cccc(Cl)c2Cl)cc1)C1CCN(S(=O)(=O)Cc2ccc(Cl)cc2)CC1. The smallest absolute Gasteiger partial charge is 0.261 e. The van der Waals surface area contributed by atoms with Gasteiger partial charge in [-0.25, -0.2) is 21.1 Å². The molecule has 0 atom stereocenters. The fourth-order valence-electron chi connectivity index (χ4n) is 4.03. The van der Waals surface area contributed by atoms with Gasteiger partial charge in [0.25, 0.3) is 10.0 Å².